The van der Waals surface area contributed by atoms with Crippen LogP contribution in [-0.2, 0) is 16.1 Å². The van der Waals surface area contributed by atoms with Crippen LogP contribution in [0.15, 0.2) is 48.5 Å². The zero-order valence-electron chi connectivity index (χ0n) is 13.8. The van der Waals surface area contributed by atoms with E-state index in [1.807, 2.05) is 24.3 Å². The van der Waals surface area contributed by atoms with Crippen molar-refractivity contribution in [3.63, 3.8) is 0 Å². The number of halogens is 1. The summed E-state index contributed by atoms with van der Waals surface area (Å²) in [5, 5.41) is 2.56. The number of hydroxylamine groups is 2. The maximum absolute atomic E-state index is 13.3. The molecule has 4 rings (SSSR count). The molecule has 1 aliphatic heterocycles. The van der Waals surface area contributed by atoms with Gasteiger partial charge in [-0.25, -0.2) is 9.45 Å². The van der Waals surface area contributed by atoms with Gasteiger partial charge in [0, 0.05) is 23.0 Å². The molecule has 0 spiro atoms. The highest BCUT2D eigenvalue weighted by atomic mass is 19.1. The molecule has 5 heteroatoms. The predicted octanol–water partition coefficient (Wildman–Crippen LogP) is 4.07. The summed E-state index contributed by atoms with van der Waals surface area (Å²) in [6.07, 6.45) is 1.88. The number of carbonyl (C=O) groups excluding carboxylic acids is 1. The molecule has 25 heavy (non-hydrogen) atoms. The van der Waals surface area contributed by atoms with E-state index in [1.165, 1.54) is 17.2 Å². The van der Waals surface area contributed by atoms with E-state index < -0.39 is 0 Å². The Hall–Kier alpha value is -2.66. The van der Waals surface area contributed by atoms with Crippen LogP contribution in [0.1, 0.15) is 18.4 Å². The fraction of sp³-hybridized carbons (Fsp3) is 0.250. The van der Waals surface area contributed by atoms with E-state index in [0.717, 1.165) is 34.1 Å². The number of amides is 1. The third-order valence-corrected chi connectivity index (χ3v) is 4.57. The molecule has 0 bridgehead atoms. The molecule has 2 aromatic carbocycles. The second-order valence-corrected chi connectivity index (χ2v) is 6.21. The molecule has 1 aliphatic rings. The lowest BCUT2D eigenvalue weighted by molar-refractivity contribution is -0.168. The summed E-state index contributed by atoms with van der Waals surface area (Å²) in [6.45, 7) is 1.27. The van der Waals surface area contributed by atoms with E-state index in [9.17, 15) is 9.18 Å². The Balaban J connectivity index is 1.67. The van der Waals surface area contributed by atoms with Crippen molar-refractivity contribution in [1.82, 2.24) is 10.0 Å². The maximum atomic E-state index is 13.3. The number of nitrogens with one attached hydrogen (secondary N) is 1. The number of rotatable bonds is 4. The van der Waals surface area contributed by atoms with Gasteiger partial charge in [-0.1, -0.05) is 18.2 Å². The lowest BCUT2D eigenvalue weighted by Crippen LogP contribution is -2.26. The van der Waals surface area contributed by atoms with Crippen molar-refractivity contribution < 1.29 is 14.0 Å². The second kappa shape index (κ2) is 6.69. The van der Waals surface area contributed by atoms with Gasteiger partial charge in [-0.15, -0.1) is 0 Å². The molecule has 1 saturated heterocycles. The molecule has 3 aromatic rings. The summed E-state index contributed by atoms with van der Waals surface area (Å²) in [5.74, 6) is -0.254. The average molecular weight is 338 g/mol. The van der Waals surface area contributed by atoms with Crippen molar-refractivity contribution >= 4 is 16.8 Å². The number of fused-ring (bicyclic) bond motifs is 1. The van der Waals surface area contributed by atoms with E-state index in [0.29, 0.717) is 26.0 Å². The lowest BCUT2D eigenvalue weighted by atomic mass is 10.0. The number of H-pyrrole nitrogens is 1. The Morgan fingerprint density at radius 2 is 1.96 bits per heavy atom. The Labute approximate surface area is 145 Å². The summed E-state index contributed by atoms with van der Waals surface area (Å²) < 4.78 is 13.3. The molecule has 0 atom stereocenters. The number of aryl methyl sites for hydroxylation is 1. The minimum atomic E-state index is -0.261. The summed E-state index contributed by atoms with van der Waals surface area (Å²) in [6, 6.07) is 14.4. The van der Waals surface area contributed by atoms with Crippen LogP contribution >= 0.6 is 0 Å². The van der Waals surface area contributed by atoms with Crippen LogP contribution in [0.3, 0.4) is 0 Å². The van der Waals surface area contributed by atoms with Crippen molar-refractivity contribution in [2.75, 3.05) is 13.2 Å². The first-order valence-corrected chi connectivity index (χ1v) is 8.51. The van der Waals surface area contributed by atoms with Gasteiger partial charge in [0.15, 0.2) is 0 Å². The molecule has 128 valence electrons. The smallest absolute Gasteiger partial charge is 0.246 e. The van der Waals surface area contributed by atoms with Gasteiger partial charge in [0.1, 0.15) is 5.82 Å². The third-order valence-electron chi connectivity index (χ3n) is 4.57. The van der Waals surface area contributed by atoms with Crippen LogP contribution in [0, 0.1) is 5.82 Å². The van der Waals surface area contributed by atoms with Gasteiger partial charge in [0.05, 0.1) is 13.2 Å². The van der Waals surface area contributed by atoms with Crippen LogP contribution < -0.4 is 0 Å². The zero-order chi connectivity index (χ0) is 17.2. The average Bonchev–Trinajstić information content (AvgIpc) is 3.28. The molecule has 4 nitrogen and oxygen atoms in total. The fourth-order valence-corrected chi connectivity index (χ4v) is 3.32. The van der Waals surface area contributed by atoms with Crippen LogP contribution in [0.4, 0.5) is 4.39 Å². The normalized spacial score (nSPS) is 14.4. The highest BCUT2D eigenvalue weighted by molar-refractivity contribution is 5.91. The molecule has 1 amide bonds. The number of nitrogens with zero attached hydrogens (tertiary/aromatic N) is 1. The number of aromatic nitrogens is 1. The Bertz CT molecular complexity index is 896. The van der Waals surface area contributed by atoms with Crippen LogP contribution in [0.2, 0.25) is 0 Å². The minimum Gasteiger partial charge on any atom is -0.354 e. The summed E-state index contributed by atoms with van der Waals surface area (Å²) in [7, 11) is 0. The van der Waals surface area contributed by atoms with Crippen molar-refractivity contribution in [3.05, 3.63) is 59.9 Å². The van der Waals surface area contributed by atoms with Gasteiger partial charge in [-0.05, 0) is 54.3 Å². The first kappa shape index (κ1) is 15.8. The van der Waals surface area contributed by atoms with Crippen LogP contribution in [0.5, 0.6) is 0 Å². The topological polar surface area (TPSA) is 45.3 Å². The van der Waals surface area contributed by atoms with Gasteiger partial charge in [0.2, 0.25) is 5.91 Å². The van der Waals surface area contributed by atoms with E-state index in [1.54, 1.807) is 12.1 Å². The third kappa shape index (κ3) is 3.15. The predicted molar refractivity (Wildman–Crippen MR) is 94.3 cm³/mol. The molecular weight excluding hydrogens is 319 g/mol. The molecule has 0 saturated carbocycles. The Kier molecular flexibility index (Phi) is 4.24. The van der Waals surface area contributed by atoms with Crippen molar-refractivity contribution in [1.29, 1.82) is 0 Å². The molecule has 0 unspecified atom stereocenters. The highest BCUT2D eigenvalue weighted by Crippen LogP contribution is 2.31. The van der Waals surface area contributed by atoms with Crippen LogP contribution in [-0.4, -0.2) is 29.1 Å². The van der Waals surface area contributed by atoms with Crippen molar-refractivity contribution in [3.8, 4) is 11.3 Å². The number of hydrogen-bond donors (Lipinski definition) is 1. The molecule has 1 aromatic heterocycles. The van der Waals surface area contributed by atoms with Gasteiger partial charge in [0.25, 0.3) is 0 Å². The van der Waals surface area contributed by atoms with Gasteiger partial charge in [-0.3, -0.25) is 9.63 Å². The molecular formula is C20H19FN2O2. The Morgan fingerprint density at radius 3 is 2.72 bits per heavy atom. The van der Waals surface area contributed by atoms with Crippen molar-refractivity contribution in [2.45, 2.75) is 19.3 Å². The largest absolute Gasteiger partial charge is 0.354 e. The molecule has 0 radical (unpaired) electrons. The molecule has 1 fully saturated rings. The van der Waals surface area contributed by atoms with Gasteiger partial charge >= 0.3 is 0 Å². The number of hydrogen-bond acceptors (Lipinski definition) is 2. The van der Waals surface area contributed by atoms with Gasteiger partial charge < -0.3 is 4.98 Å². The first-order chi connectivity index (χ1) is 12.2. The van der Waals surface area contributed by atoms with Gasteiger partial charge in [-0.2, -0.15) is 0 Å². The summed E-state index contributed by atoms with van der Waals surface area (Å²) in [5.41, 5.74) is 3.95. The number of para-hydroxylation sites is 1. The number of benzene rings is 2. The molecule has 1 N–H and O–H groups in total. The van der Waals surface area contributed by atoms with E-state index in [-0.39, 0.29) is 11.7 Å². The quantitative estimate of drug-likeness (QED) is 0.779. The minimum absolute atomic E-state index is 0.00726. The van der Waals surface area contributed by atoms with Crippen LogP contribution in [0.25, 0.3) is 22.2 Å². The maximum Gasteiger partial charge on any atom is 0.246 e. The monoisotopic (exact) mass is 338 g/mol. The fourth-order valence-electron chi connectivity index (χ4n) is 3.32. The standard InChI is InChI=1S/C20H19FN2O2/c21-15-8-6-14(7-9-15)20-17(16-4-1-2-5-18(16)22-20)10-11-19(24)23-12-3-13-25-23/h1-2,4-9,22H,3,10-13H2. The highest BCUT2D eigenvalue weighted by Gasteiger charge is 2.21. The number of carbonyl (C=O) groups is 1. The van der Waals surface area contributed by atoms with E-state index in [4.69, 9.17) is 4.84 Å². The van der Waals surface area contributed by atoms with E-state index >= 15 is 0 Å². The van der Waals surface area contributed by atoms with Crippen molar-refractivity contribution in [2.24, 2.45) is 0 Å². The zero-order valence-corrected chi connectivity index (χ0v) is 13.8. The summed E-state index contributed by atoms with van der Waals surface area (Å²) >= 11 is 0. The SMILES string of the molecule is O=C(CCc1c(-c2ccc(F)cc2)[nH]c2ccccc12)N1CCCO1. The first-order valence-electron chi connectivity index (χ1n) is 8.51. The molecule has 0 aliphatic carbocycles. The lowest BCUT2D eigenvalue weighted by Gasteiger charge is -2.14. The van der Waals surface area contributed by atoms with E-state index in [2.05, 4.69) is 4.98 Å². The second-order valence-electron chi connectivity index (χ2n) is 6.21. The molecule has 2 heterocycles. The number of aromatic amines is 1. The Morgan fingerprint density at radius 1 is 1.16 bits per heavy atom. The summed E-state index contributed by atoms with van der Waals surface area (Å²) in [4.78, 5) is 21.1.